The van der Waals surface area contributed by atoms with Crippen molar-refractivity contribution in [1.82, 2.24) is 19.6 Å². The van der Waals surface area contributed by atoms with E-state index in [1.54, 1.807) is 12.5 Å². The van der Waals surface area contributed by atoms with Crippen molar-refractivity contribution in [2.75, 3.05) is 18.0 Å². The van der Waals surface area contributed by atoms with E-state index < -0.39 is 0 Å². The smallest absolute Gasteiger partial charge is 0.203 e. The minimum absolute atomic E-state index is 0.515. The van der Waals surface area contributed by atoms with Crippen molar-refractivity contribution >= 4 is 27.4 Å². The van der Waals surface area contributed by atoms with E-state index in [0.717, 1.165) is 24.6 Å². The molecule has 0 aromatic carbocycles. The zero-order valence-electron chi connectivity index (χ0n) is 9.62. The van der Waals surface area contributed by atoms with Crippen molar-refractivity contribution in [3.63, 3.8) is 0 Å². The summed E-state index contributed by atoms with van der Waals surface area (Å²) in [5.74, 6) is 1.64. The fourth-order valence-electron chi connectivity index (χ4n) is 2.18. The Morgan fingerprint density at radius 3 is 3.18 bits per heavy atom. The monoisotopic (exact) mass is 295 g/mol. The molecule has 0 spiro atoms. The number of piperidine rings is 1. The highest BCUT2D eigenvalue weighted by molar-refractivity contribution is 9.09. The highest BCUT2D eigenvalue weighted by Gasteiger charge is 2.26. The summed E-state index contributed by atoms with van der Waals surface area (Å²) in [7, 11) is 0. The molecule has 1 fully saturated rings. The maximum absolute atomic E-state index is 4.44. The van der Waals surface area contributed by atoms with Gasteiger partial charge in [0.05, 0.1) is 0 Å². The van der Waals surface area contributed by atoms with Crippen molar-refractivity contribution < 1.29 is 0 Å². The molecule has 2 aromatic heterocycles. The van der Waals surface area contributed by atoms with E-state index in [0.29, 0.717) is 10.7 Å². The van der Waals surface area contributed by atoms with Crippen molar-refractivity contribution in [3.8, 4) is 0 Å². The standard InChI is InChI=1S/C11H14BrN5/c1-8-2-4-16(6-9(8)12)10-11-15-14-7-17(11)5-3-13-10/h3,5,7-9H,2,4,6H2,1H3. The lowest BCUT2D eigenvalue weighted by Gasteiger charge is -2.34. The van der Waals surface area contributed by atoms with Gasteiger partial charge in [-0.3, -0.25) is 4.40 Å². The lowest BCUT2D eigenvalue weighted by Crippen LogP contribution is -2.40. The van der Waals surface area contributed by atoms with Crippen LogP contribution in [0.5, 0.6) is 0 Å². The number of anilines is 1. The second-order valence-corrected chi connectivity index (χ2v) is 5.72. The van der Waals surface area contributed by atoms with Gasteiger partial charge in [0.25, 0.3) is 0 Å². The molecule has 90 valence electrons. The minimum atomic E-state index is 0.515. The number of alkyl halides is 1. The SMILES string of the molecule is CC1CCN(c2nccn3cnnc23)CC1Br. The number of nitrogens with zero attached hydrogens (tertiary/aromatic N) is 5. The molecule has 6 heteroatoms. The predicted octanol–water partition coefficient (Wildman–Crippen LogP) is 1.73. The summed E-state index contributed by atoms with van der Waals surface area (Å²) in [4.78, 5) is 7.24. The Kier molecular flexibility index (Phi) is 2.74. The van der Waals surface area contributed by atoms with Gasteiger partial charge in [0.2, 0.25) is 5.65 Å². The summed E-state index contributed by atoms with van der Waals surface area (Å²) in [5.41, 5.74) is 0.835. The van der Waals surface area contributed by atoms with Crippen LogP contribution in [0.25, 0.3) is 5.65 Å². The number of hydrogen-bond donors (Lipinski definition) is 0. The van der Waals surface area contributed by atoms with Gasteiger partial charge in [0, 0.05) is 30.3 Å². The quantitative estimate of drug-likeness (QED) is 0.752. The topological polar surface area (TPSA) is 46.3 Å². The Hall–Kier alpha value is -1.17. The third kappa shape index (κ3) is 1.90. The third-order valence-electron chi connectivity index (χ3n) is 3.36. The second-order valence-electron chi connectivity index (χ2n) is 4.54. The molecule has 0 aliphatic carbocycles. The van der Waals surface area contributed by atoms with Crippen molar-refractivity contribution in [2.45, 2.75) is 18.2 Å². The van der Waals surface area contributed by atoms with Crippen molar-refractivity contribution in [1.29, 1.82) is 0 Å². The van der Waals surface area contributed by atoms with E-state index in [-0.39, 0.29) is 0 Å². The molecule has 1 aliphatic rings. The van der Waals surface area contributed by atoms with E-state index in [4.69, 9.17) is 0 Å². The first-order valence-corrected chi connectivity index (χ1v) is 6.70. The molecule has 5 nitrogen and oxygen atoms in total. The van der Waals surface area contributed by atoms with E-state index in [1.807, 2.05) is 10.6 Å². The van der Waals surface area contributed by atoms with Crippen LogP contribution < -0.4 is 4.90 Å². The molecule has 0 saturated carbocycles. The molecule has 0 bridgehead atoms. The Morgan fingerprint density at radius 1 is 1.47 bits per heavy atom. The lowest BCUT2D eigenvalue weighted by atomic mass is 9.99. The van der Waals surface area contributed by atoms with Gasteiger partial charge in [-0.25, -0.2) is 4.98 Å². The molecule has 2 atom stereocenters. The van der Waals surface area contributed by atoms with Crippen LogP contribution in [-0.4, -0.2) is 37.5 Å². The Morgan fingerprint density at radius 2 is 2.35 bits per heavy atom. The highest BCUT2D eigenvalue weighted by Crippen LogP contribution is 2.27. The van der Waals surface area contributed by atoms with E-state index >= 15 is 0 Å². The van der Waals surface area contributed by atoms with Gasteiger partial charge in [-0.2, -0.15) is 0 Å². The van der Waals surface area contributed by atoms with Crippen molar-refractivity contribution in [2.24, 2.45) is 5.92 Å². The first-order valence-electron chi connectivity index (χ1n) is 5.79. The highest BCUT2D eigenvalue weighted by atomic mass is 79.9. The van der Waals surface area contributed by atoms with Crippen LogP contribution in [0.4, 0.5) is 5.82 Å². The van der Waals surface area contributed by atoms with Gasteiger partial charge in [0.1, 0.15) is 6.33 Å². The predicted molar refractivity (Wildman–Crippen MR) is 69.5 cm³/mol. The Labute approximate surface area is 108 Å². The van der Waals surface area contributed by atoms with E-state index in [2.05, 4.69) is 42.9 Å². The Balaban J connectivity index is 1.96. The van der Waals surface area contributed by atoms with Gasteiger partial charge >= 0.3 is 0 Å². The molecule has 0 N–H and O–H groups in total. The largest absolute Gasteiger partial charge is 0.352 e. The van der Waals surface area contributed by atoms with E-state index in [9.17, 15) is 0 Å². The first-order chi connectivity index (χ1) is 8.25. The van der Waals surface area contributed by atoms with Crippen LogP contribution in [0.3, 0.4) is 0 Å². The number of fused-ring (bicyclic) bond motifs is 1. The molecule has 3 rings (SSSR count). The maximum Gasteiger partial charge on any atom is 0.203 e. The van der Waals surface area contributed by atoms with Crippen LogP contribution in [0.15, 0.2) is 18.7 Å². The first kappa shape index (κ1) is 11.0. The van der Waals surface area contributed by atoms with Gasteiger partial charge in [-0.05, 0) is 12.3 Å². The van der Waals surface area contributed by atoms with Crippen molar-refractivity contribution in [3.05, 3.63) is 18.7 Å². The molecular formula is C11H14BrN5. The molecular weight excluding hydrogens is 282 g/mol. The molecule has 0 amide bonds. The minimum Gasteiger partial charge on any atom is -0.352 e. The molecule has 1 aliphatic heterocycles. The lowest BCUT2D eigenvalue weighted by molar-refractivity contribution is 0.454. The van der Waals surface area contributed by atoms with Gasteiger partial charge in [-0.1, -0.05) is 22.9 Å². The van der Waals surface area contributed by atoms with Crippen LogP contribution in [0, 0.1) is 5.92 Å². The van der Waals surface area contributed by atoms with Gasteiger partial charge < -0.3 is 4.90 Å². The molecule has 17 heavy (non-hydrogen) atoms. The van der Waals surface area contributed by atoms with E-state index in [1.165, 1.54) is 6.42 Å². The zero-order valence-corrected chi connectivity index (χ0v) is 11.2. The molecule has 1 saturated heterocycles. The summed E-state index contributed by atoms with van der Waals surface area (Å²) in [6, 6.07) is 0. The third-order valence-corrected chi connectivity index (χ3v) is 4.56. The second kappa shape index (κ2) is 4.25. The zero-order chi connectivity index (χ0) is 11.8. The summed E-state index contributed by atoms with van der Waals surface area (Å²) < 4.78 is 1.91. The number of aromatic nitrogens is 4. The molecule has 3 heterocycles. The fourth-order valence-corrected chi connectivity index (χ4v) is 2.80. The summed E-state index contributed by atoms with van der Waals surface area (Å²) >= 11 is 3.73. The molecule has 0 radical (unpaired) electrons. The summed E-state index contributed by atoms with van der Waals surface area (Å²) in [6.07, 6.45) is 6.55. The number of rotatable bonds is 1. The summed E-state index contributed by atoms with van der Waals surface area (Å²) in [6.45, 7) is 4.28. The van der Waals surface area contributed by atoms with Crippen LogP contribution in [0.2, 0.25) is 0 Å². The number of hydrogen-bond acceptors (Lipinski definition) is 4. The summed E-state index contributed by atoms with van der Waals surface area (Å²) in [5, 5.41) is 8.06. The normalized spacial score (nSPS) is 25.4. The van der Waals surface area contributed by atoms with Gasteiger partial charge in [0.15, 0.2) is 5.82 Å². The van der Waals surface area contributed by atoms with Gasteiger partial charge in [-0.15, -0.1) is 10.2 Å². The molecule has 2 unspecified atom stereocenters. The molecule has 2 aromatic rings. The Bertz CT molecular complexity index is 525. The van der Waals surface area contributed by atoms with Crippen LogP contribution in [0.1, 0.15) is 13.3 Å². The maximum atomic E-state index is 4.44. The fraction of sp³-hybridized carbons (Fsp3) is 0.545. The van der Waals surface area contributed by atoms with Crippen LogP contribution in [-0.2, 0) is 0 Å². The van der Waals surface area contributed by atoms with Crippen LogP contribution >= 0.6 is 15.9 Å². The number of halogens is 1. The average Bonchev–Trinajstić information content (AvgIpc) is 2.80. The average molecular weight is 296 g/mol.